The molecule has 0 unspecified atom stereocenters. The van der Waals surface area contributed by atoms with Gasteiger partial charge in [0, 0.05) is 17.0 Å². The lowest BCUT2D eigenvalue weighted by Gasteiger charge is -2.16. The van der Waals surface area contributed by atoms with Gasteiger partial charge in [-0.15, -0.1) is 11.3 Å². The smallest absolute Gasteiger partial charge is 0.225 e. The zero-order chi connectivity index (χ0) is 15.9. The molecule has 0 radical (unpaired) electrons. The summed E-state index contributed by atoms with van der Waals surface area (Å²) in [6, 6.07) is 7.53. The second-order valence-electron chi connectivity index (χ2n) is 4.53. The van der Waals surface area contributed by atoms with Crippen molar-refractivity contribution in [1.82, 2.24) is 5.32 Å². The normalized spacial score (nSPS) is 10.1. The van der Waals surface area contributed by atoms with E-state index >= 15 is 0 Å². The largest absolute Gasteiger partial charge is 0.493 e. The average molecular weight is 321 g/mol. The van der Waals surface area contributed by atoms with Gasteiger partial charge < -0.3 is 19.5 Å². The molecule has 118 valence electrons. The molecule has 0 aliphatic rings. The molecule has 1 aromatic carbocycles. The first-order valence-corrected chi connectivity index (χ1v) is 7.64. The lowest BCUT2D eigenvalue weighted by Crippen LogP contribution is -2.24. The first-order chi connectivity index (χ1) is 10.7. The molecule has 0 bridgehead atoms. The number of carbonyl (C=O) groups excluding carboxylic acids is 1. The topological polar surface area (TPSA) is 56.8 Å². The third-order valence-electron chi connectivity index (χ3n) is 3.18. The van der Waals surface area contributed by atoms with Crippen LogP contribution in [0.15, 0.2) is 29.6 Å². The molecule has 22 heavy (non-hydrogen) atoms. The van der Waals surface area contributed by atoms with Gasteiger partial charge in [0.05, 0.1) is 27.8 Å². The number of benzene rings is 1. The Labute approximate surface area is 133 Å². The maximum absolute atomic E-state index is 12.0. The number of methoxy groups -OCH3 is 3. The number of thiophene rings is 1. The fourth-order valence-corrected chi connectivity index (χ4v) is 2.83. The molecule has 0 saturated heterocycles. The molecule has 6 heteroatoms. The standard InChI is InChI=1S/C16H19NO4S/c1-19-13-7-6-11(15(20-2)16(13)21-3)10-17-14(18)9-12-5-4-8-22-12/h4-8H,9-10H2,1-3H3,(H,17,18). The van der Waals surface area contributed by atoms with Crippen LogP contribution >= 0.6 is 11.3 Å². The van der Waals surface area contributed by atoms with E-state index in [9.17, 15) is 4.79 Å². The molecule has 2 aromatic rings. The number of rotatable bonds is 7. The Balaban J connectivity index is 2.07. The Hall–Kier alpha value is -2.21. The lowest BCUT2D eigenvalue weighted by molar-refractivity contribution is -0.120. The number of carbonyl (C=O) groups is 1. The SMILES string of the molecule is COc1ccc(CNC(=O)Cc2cccs2)c(OC)c1OC. The summed E-state index contributed by atoms with van der Waals surface area (Å²) < 4.78 is 16.0. The molecular formula is C16H19NO4S. The van der Waals surface area contributed by atoms with E-state index in [4.69, 9.17) is 14.2 Å². The van der Waals surface area contributed by atoms with Crippen molar-refractivity contribution >= 4 is 17.2 Å². The number of hydrogen-bond donors (Lipinski definition) is 1. The molecule has 0 saturated carbocycles. The summed E-state index contributed by atoms with van der Waals surface area (Å²) in [7, 11) is 4.69. The van der Waals surface area contributed by atoms with Gasteiger partial charge in [0.1, 0.15) is 0 Å². The van der Waals surface area contributed by atoms with Crippen LogP contribution in [0.25, 0.3) is 0 Å². The van der Waals surface area contributed by atoms with Crippen LogP contribution < -0.4 is 19.5 Å². The summed E-state index contributed by atoms with van der Waals surface area (Å²) in [4.78, 5) is 13.0. The minimum Gasteiger partial charge on any atom is -0.493 e. The molecule has 0 fully saturated rings. The van der Waals surface area contributed by atoms with Crippen molar-refractivity contribution in [3.8, 4) is 17.2 Å². The third kappa shape index (κ3) is 3.71. The fraction of sp³-hybridized carbons (Fsp3) is 0.312. The van der Waals surface area contributed by atoms with E-state index in [1.54, 1.807) is 38.7 Å². The first-order valence-electron chi connectivity index (χ1n) is 6.76. The van der Waals surface area contributed by atoms with Gasteiger partial charge in [-0.3, -0.25) is 4.79 Å². The highest BCUT2D eigenvalue weighted by molar-refractivity contribution is 7.10. The molecule has 5 nitrogen and oxygen atoms in total. The molecule has 0 spiro atoms. The van der Waals surface area contributed by atoms with Crippen LogP contribution in [0.1, 0.15) is 10.4 Å². The molecule has 1 N–H and O–H groups in total. The van der Waals surface area contributed by atoms with Crippen molar-refractivity contribution in [2.24, 2.45) is 0 Å². The maximum atomic E-state index is 12.0. The van der Waals surface area contributed by atoms with Crippen LogP contribution in [0.5, 0.6) is 17.2 Å². The van der Waals surface area contributed by atoms with Gasteiger partial charge in [-0.2, -0.15) is 0 Å². The van der Waals surface area contributed by atoms with Gasteiger partial charge in [0.15, 0.2) is 11.5 Å². The fourth-order valence-electron chi connectivity index (χ4n) is 2.13. The Bertz CT molecular complexity index is 625. The first kappa shape index (κ1) is 16.2. The second-order valence-corrected chi connectivity index (χ2v) is 5.56. The zero-order valence-electron chi connectivity index (χ0n) is 12.8. The van der Waals surface area contributed by atoms with E-state index in [0.717, 1.165) is 10.4 Å². The summed E-state index contributed by atoms with van der Waals surface area (Å²) >= 11 is 1.57. The summed E-state index contributed by atoms with van der Waals surface area (Å²) in [6.07, 6.45) is 0.382. The average Bonchev–Trinajstić information content (AvgIpc) is 3.04. The van der Waals surface area contributed by atoms with Gasteiger partial charge >= 0.3 is 0 Å². The van der Waals surface area contributed by atoms with E-state index in [1.807, 2.05) is 23.6 Å². The van der Waals surface area contributed by atoms with Crippen LogP contribution in [0.2, 0.25) is 0 Å². The summed E-state index contributed by atoms with van der Waals surface area (Å²) in [5.41, 5.74) is 0.833. The van der Waals surface area contributed by atoms with Gasteiger partial charge in [-0.25, -0.2) is 0 Å². The van der Waals surface area contributed by atoms with Crippen molar-refractivity contribution in [3.63, 3.8) is 0 Å². The van der Waals surface area contributed by atoms with E-state index in [-0.39, 0.29) is 5.91 Å². The molecule has 0 aliphatic carbocycles. The summed E-state index contributed by atoms with van der Waals surface area (Å²) in [5, 5.41) is 4.85. The van der Waals surface area contributed by atoms with Crippen LogP contribution in [0.4, 0.5) is 0 Å². The molecule has 1 amide bonds. The highest BCUT2D eigenvalue weighted by atomic mass is 32.1. The van der Waals surface area contributed by atoms with Crippen LogP contribution in [0, 0.1) is 0 Å². The van der Waals surface area contributed by atoms with Gasteiger partial charge in [0.25, 0.3) is 0 Å². The lowest BCUT2D eigenvalue weighted by atomic mass is 10.1. The Morgan fingerprint density at radius 2 is 1.86 bits per heavy atom. The molecule has 2 rings (SSSR count). The van der Waals surface area contributed by atoms with Crippen molar-refractivity contribution in [3.05, 3.63) is 40.1 Å². The Kier molecular flexibility index (Phi) is 5.66. The van der Waals surface area contributed by atoms with E-state index in [0.29, 0.717) is 30.2 Å². The van der Waals surface area contributed by atoms with Gasteiger partial charge in [0.2, 0.25) is 11.7 Å². The summed E-state index contributed by atoms with van der Waals surface area (Å²) in [6.45, 7) is 0.369. The molecule has 0 atom stereocenters. The van der Waals surface area contributed by atoms with Crippen molar-refractivity contribution in [1.29, 1.82) is 0 Å². The monoisotopic (exact) mass is 321 g/mol. The van der Waals surface area contributed by atoms with Gasteiger partial charge in [-0.1, -0.05) is 6.07 Å². The quantitative estimate of drug-likeness (QED) is 0.852. The molecular weight excluding hydrogens is 302 g/mol. The van der Waals surface area contributed by atoms with Crippen molar-refractivity contribution < 1.29 is 19.0 Å². The Morgan fingerprint density at radius 3 is 2.45 bits per heavy atom. The Morgan fingerprint density at radius 1 is 1.09 bits per heavy atom. The molecule has 1 aromatic heterocycles. The number of hydrogen-bond acceptors (Lipinski definition) is 5. The number of ether oxygens (including phenoxy) is 3. The van der Waals surface area contributed by atoms with Crippen LogP contribution in [-0.2, 0) is 17.8 Å². The minimum atomic E-state index is -0.0284. The number of nitrogens with one attached hydrogen (secondary N) is 1. The van der Waals surface area contributed by atoms with Crippen molar-refractivity contribution in [2.45, 2.75) is 13.0 Å². The van der Waals surface area contributed by atoms with Crippen LogP contribution in [0.3, 0.4) is 0 Å². The minimum absolute atomic E-state index is 0.0284. The predicted octanol–water partition coefficient (Wildman–Crippen LogP) is 2.63. The third-order valence-corrected chi connectivity index (χ3v) is 4.05. The van der Waals surface area contributed by atoms with Crippen LogP contribution in [-0.4, -0.2) is 27.2 Å². The second kappa shape index (κ2) is 7.70. The van der Waals surface area contributed by atoms with Crippen molar-refractivity contribution in [2.75, 3.05) is 21.3 Å². The maximum Gasteiger partial charge on any atom is 0.225 e. The van der Waals surface area contributed by atoms with E-state index < -0.39 is 0 Å². The molecule has 1 heterocycles. The van der Waals surface area contributed by atoms with E-state index in [2.05, 4.69) is 5.32 Å². The highest BCUT2D eigenvalue weighted by Crippen LogP contribution is 2.39. The summed E-state index contributed by atoms with van der Waals surface area (Å²) in [5.74, 6) is 1.65. The van der Waals surface area contributed by atoms with Gasteiger partial charge in [-0.05, 0) is 23.6 Å². The van der Waals surface area contributed by atoms with E-state index in [1.165, 1.54) is 0 Å². The highest BCUT2D eigenvalue weighted by Gasteiger charge is 2.16. The molecule has 0 aliphatic heterocycles. The number of amides is 1. The predicted molar refractivity (Wildman–Crippen MR) is 86.0 cm³/mol. The zero-order valence-corrected chi connectivity index (χ0v) is 13.7.